The summed E-state index contributed by atoms with van der Waals surface area (Å²) >= 11 is 11.7. The van der Waals surface area contributed by atoms with Gasteiger partial charge in [0.05, 0.1) is 10.7 Å². The van der Waals surface area contributed by atoms with Crippen molar-refractivity contribution in [3.05, 3.63) is 40.0 Å². The standard InChI is InChI=1S/C13H16Cl2N2O/c1-8(2)9(3)7-16-13(18)17-12-5-4-10(14)6-11(12)15/h4-8H,1-3H3,(H2,16,17,18)/b9-7+. The van der Waals surface area contributed by atoms with E-state index >= 15 is 0 Å². The number of carbonyl (C=O) groups is 1. The molecule has 0 unspecified atom stereocenters. The number of amides is 2. The topological polar surface area (TPSA) is 41.1 Å². The zero-order chi connectivity index (χ0) is 13.7. The molecule has 0 spiro atoms. The minimum Gasteiger partial charge on any atom is -0.314 e. The molecule has 1 aromatic rings. The van der Waals surface area contributed by atoms with E-state index in [0.29, 0.717) is 21.7 Å². The van der Waals surface area contributed by atoms with Gasteiger partial charge in [0, 0.05) is 11.2 Å². The van der Waals surface area contributed by atoms with Gasteiger partial charge in [-0.1, -0.05) is 42.6 Å². The average molecular weight is 287 g/mol. The van der Waals surface area contributed by atoms with Gasteiger partial charge in [-0.3, -0.25) is 0 Å². The van der Waals surface area contributed by atoms with Crippen molar-refractivity contribution < 1.29 is 4.79 Å². The number of rotatable bonds is 3. The molecule has 0 atom stereocenters. The van der Waals surface area contributed by atoms with Crippen molar-refractivity contribution >= 4 is 34.9 Å². The maximum atomic E-state index is 11.6. The quantitative estimate of drug-likeness (QED) is 0.833. The fourth-order valence-corrected chi connectivity index (χ4v) is 1.55. The molecule has 0 radical (unpaired) electrons. The van der Waals surface area contributed by atoms with E-state index < -0.39 is 0 Å². The van der Waals surface area contributed by atoms with Crippen LogP contribution in [0.4, 0.5) is 10.5 Å². The second-order valence-electron chi connectivity index (χ2n) is 4.27. The molecule has 3 nitrogen and oxygen atoms in total. The van der Waals surface area contributed by atoms with E-state index in [2.05, 4.69) is 24.5 Å². The number of hydrogen-bond donors (Lipinski definition) is 2. The molecule has 5 heteroatoms. The van der Waals surface area contributed by atoms with E-state index in [1.165, 1.54) is 0 Å². The third kappa shape index (κ3) is 4.59. The molecule has 0 aliphatic heterocycles. The van der Waals surface area contributed by atoms with E-state index in [0.717, 1.165) is 5.57 Å². The minimum atomic E-state index is -0.334. The summed E-state index contributed by atoms with van der Waals surface area (Å²) < 4.78 is 0. The van der Waals surface area contributed by atoms with Gasteiger partial charge in [0.15, 0.2) is 0 Å². The van der Waals surface area contributed by atoms with Crippen molar-refractivity contribution in [3.8, 4) is 0 Å². The summed E-state index contributed by atoms with van der Waals surface area (Å²) in [6.07, 6.45) is 1.68. The first-order chi connectivity index (χ1) is 8.40. The van der Waals surface area contributed by atoms with Crippen LogP contribution in [0.5, 0.6) is 0 Å². The minimum absolute atomic E-state index is 0.334. The first-order valence-electron chi connectivity index (χ1n) is 5.59. The highest BCUT2D eigenvalue weighted by atomic mass is 35.5. The fraction of sp³-hybridized carbons (Fsp3) is 0.308. The molecule has 2 amide bonds. The molecule has 18 heavy (non-hydrogen) atoms. The van der Waals surface area contributed by atoms with Crippen LogP contribution in [0.15, 0.2) is 30.0 Å². The fourth-order valence-electron chi connectivity index (χ4n) is 1.10. The van der Waals surface area contributed by atoms with Gasteiger partial charge in [0.2, 0.25) is 0 Å². The summed E-state index contributed by atoms with van der Waals surface area (Å²) in [5.41, 5.74) is 1.61. The Morgan fingerprint density at radius 2 is 2.00 bits per heavy atom. The highest BCUT2D eigenvalue weighted by Crippen LogP contribution is 2.25. The molecule has 1 rings (SSSR count). The van der Waals surface area contributed by atoms with Gasteiger partial charge in [-0.05, 0) is 31.0 Å². The van der Waals surface area contributed by atoms with Crippen LogP contribution in [0.1, 0.15) is 20.8 Å². The maximum Gasteiger partial charge on any atom is 0.323 e. The van der Waals surface area contributed by atoms with Crippen molar-refractivity contribution in [2.24, 2.45) is 5.92 Å². The van der Waals surface area contributed by atoms with Crippen LogP contribution < -0.4 is 10.6 Å². The number of nitrogens with one attached hydrogen (secondary N) is 2. The summed E-state index contributed by atoms with van der Waals surface area (Å²) in [7, 11) is 0. The lowest BCUT2D eigenvalue weighted by Gasteiger charge is -2.09. The van der Waals surface area contributed by atoms with E-state index in [1.54, 1.807) is 24.4 Å². The van der Waals surface area contributed by atoms with Crippen LogP contribution in [0.3, 0.4) is 0 Å². The third-order valence-electron chi connectivity index (χ3n) is 2.52. The number of anilines is 1. The summed E-state index contributed by atoms with van der Waals surface area (Å²) in [5.74, 6) is 0.393. The third-order valence-corrected chi connectivity index (χ3v) is 3.07. The smallest absolute Gasteiger partial charge is 0.314 e. The van der Waals surface area contributed by atoms with Gasteiger partial charge >= 0.3 is 6.03 Å². The molecule has 0 bridgehead atoms. The number of hydrogen-bond acceptors (Lipinski definition) is 1. The Morgan fingerprint density at radius 3 is 2.56 bits per heavy atom. The molecule has 98 valence electrons. The molecule has 0 saturated heterocycles. The van der Waals surface area contributed by atoms with Crippen LogP contribution in [0.2, 0.25) is 10.0 Å². The van der Waals surface area contributed by atoms with E-state index in [-0.39, 0.29) is 6.03 Å². The molecule has 0 aliphatic rings. The zero-order valence-corrected chi connectivity index (χ0v) is 12.1. The second kappa shape index (κ2) is 6.66. The van der Waals surface area contributed by atoms with Crippen molar-refractivity contribution in [1.82, 2.24) is 5.32 Å². The van der Waals surface area contributed by atoms with Crippen LogP contribution in [0.25, 0.3) is 0 Å². The van der Waals surface area contributed by atoms with Gasteiger partial charge in [-0.25, -0.2) is 4.79 Å². The van der Waals surface area contributed by atoms with E-state index in [4.69, 9.17) is 23.2 Å². The maximum absolute atomic E-state index is 11.6. The Labute approximate surface area is 117 Å². The summed E-state index contributed by atoms with van der Waals surface area (Å²) in [6.45, 7) is 6.07. The van der Waals surface area contributed by atoms with Gasteiger partial charge in [-0.15, -0.1) is 0 Å². The first kappa shape index (κ1) is 14.9. The lowest BCUT2D eigenvalue weighted by atomic mass is 10.1. The molecule has 1 aromatic carbocycles. The molecule has 0 heterocycles. The molecular formula is C13H16Cl2N2O. The Bertz CT molecular complexity index is 470. The molecule has 0 aliphatic carbocycles. The van der Waals surface area contributed by atoms with Crippen LogP contribution in [-0.2, 0) is 0 Å². The predicted octanol–water partition coefficient (Wildman–Crippen LogP) is 4.67. The van der Waals surface area contributed by atoms with Crippen molar-refractivity contribution in [2.45, 2.75) is 20.8 Å². The van der Waals surface area contributed by atoms with Gasteiger partial charge < -0.3 is 10.6 Å². The second-order valence-corrected chi connectivity index (χ2v) is 5.11. The monoisotopic (exact) mass is 286 g/mol. The summed E-state index contributed by atoms with van der Waals surface area (Å²) in [6, 6.07) is 4.56. The summed E-state index contributed by atoms with van der Waals surface area (Å²) in [5, 5.41) is 6.23. The van der Waals surface area contributed by atoms with Crippen molar-refractivity contribution in [2.75, 3.05) is 5.32 Å². The Morgan fingerprint density at radius 1 is 1.33 bits per heavy atom. The van der Waals surface area contributed by atoms with Crippen LogP contribution >= 0.6 is 23.2 Å². The zero-order valence-electron chi connectivity index (χ0n) is 10.6. The highest BCUT2D eigenvalue weighted by Gasteiger charge is 2.05. The number of halogens is 2. The number of allylic oxidation sites excluding steroid dienone is 1. The molecule has 2 N–H and O–H groups in total. The van der Waals surface area contributed by atoms with E-state index in [1.807, 2.05) is 6.92 Å². The largest absolute Gasteiger partial charge is 0.323 e. The highest BCUT2D eigenvalue weighted by molar-refractivity contribution is 6.36. The average Bonchev–Trinajstić information content (AvgIpc) is 2.29. The van der Waals surface area contributed by atoms with Crippen molar-refractivity contribution in [3.63, 3.8) is 0 Å². The van der Waals surface area contributed by atoms with Gasteiger partial charge in [0.1, 0.15) is 0 Å². The van der Waals surface area contributed by atoms with Gasteiger partial charge in [-0.2, -0.15) is 0 Å². The number of urea groups is 1. The van der Waals surface area contributed by atoms with Crippen LogP contribution in [0, 0.1) is 5.92 Å². The Hall–Kier alpha value is -1.19. The summed E-state index contributed by atoms with van der Waals surface area (Å²) in [4.78, 5) is 11.6. The SMILES string of the molecule is C/C(=C\NC(=O)Nc1ccc(Cl)cc1Cl)C(C)C. The molecule has 0 saturated carbocycles. The van der Waals surface area contributed by atoms with E-state index in [9.17, 15) is 4.79 Å². The number of carbonyl (C=O) groups excluding carboxylic acids is 1. The molecular weight excluding hydrogens is 271 g/mol. The Kier molecular flexibility index (Phi) is 5.51. The van der Waals surface area contributed by atoms with Crippen LogP contribution in [-0.4, -0.2) is 6.03 Å². The molecule has 0 fully saturated rings. The normalized spacial score (nSPS) is 11.6. The van der Waals surface area contributed by atoms with Crippen molar-refractivity contribution in [1.29, 1.82) is 0 Å². The number of benzene rings is 1. The van der Waals surface area contributed by atoms with Gasteiger partial charge in [0.25, 0.3) is 0 Å². The molecule has 0 aromatic heterocycles. The lowest BCUT2D eigenvalue weighted by molar-refractivity contribution is 0.255. The first-order valence-corrected chi connectivity index (χ1v) is 6.35. The lowest BCUT2D eigenvalue weighted by Crippen LogP contribution is -2.24. The Balaban J connectivity index is 2.63. The predicted molar refractivity (Wildman–Crippen MR) is 77.2 cm³/mol.